The van der Waals surface area contributed by atoms with Crippen LogP contribution in [-0.2, 0) is 106 Å². The number of aromatic amines is 1. The lowest BCUT2D eigenvalue weighted by Crippen LogP contribution is -2.60. The largest absolute Gasteiger partial charge is 0.496 e. The first-order valence-corrected chi connectivity index (χ1v) is 37.5. The number of carbonyl (C=O) groups excluding carboxylic acids is 12. The first kappa shape index (κ1) is 81.6. The number of hydrogen-bond donors (Lipinski definition) is 10. The van der Waals surface area contributed by atoms with Crippen molar-refractivity contribution in [2.24, 2.45) is 23.5 Å². The van der Waals surface area contributed by atoms with Gasteiger partial charge in [-0.05, 0) is 50.2 Å². The molecule has 572 valence electrons. The minimum atomic E-state index is -2.50. The van der Waals surface area contributed by atoms with Crippen molar-refractivity contribution in [3.8, 4) is 5.75 Å². The van der Waals surface area contributed by atoms with E-state index in [0.717, 1.165) is 9.80 Å². The van der Waals surface area contributed by atoms with Gasteiger partial charge < -0.3 is 86.1 Å². The predicted octanol–water partition coefficient (Wildman–Crippen LogP) is -1.94. The molecule has 7 heterocycles. The number of aromatic nitrogens is 4. The second kappa shape index (κ2) is 39.9. The molecule has 10 amide bonds. The molecular weight excluding hydrogens is 1400 g/mol. The van der Waals surface area contributed by atoms with Crippen LogP contribution in [0.2, 0.25) is 0 Å². The first-order chi connectivity index (χ1) is 49.9. The van der Waals surface area contributed by atoms with E-state index >= 15 is 9.00 Å². The van der Waals surface area contributed by atoms with E-state index in [1.807, 2.05) is 13.8 Å². The fourth-order valence-corrected chi connectivity index (χ4v) is 15.8. The molecule has 0 saturated carbocycles. The molecule has 2 bridgehead atoms. The molecule has 3 aromatic rings. The van der Waals surface area contributed by atoms with E-state index in [4.69, 9.17) is 29.4 Å². The number of thioether (sulfide) groups is 1. The fraction of sp³-hybridized carbons (Fsp3) is 0.647. The highest BCUT2D eigenvalue weighted by atomic mass is 32.2. The summed E-state index contributed by atoms with van der Waals surface area (Å²) in [4.78, 5) is 173. The van der Waals surface area contributed by atoms with Crippen LogP contribution >= 0.6 is 11.8 Å². The normalized spacial score (nSPS) is 24.2. The molecular formula is C68H97N13O21S2. The molecule has 2 aromatic heterocycles. The van der Waals surface area contributed by atoms with Crippen LogP contribution in [-0.4, -0.2) is 272 Å². The number of piperidine rings is 1. The number of nitrogens with zero attached hydrogens (tertiary/aromatic N) is 6. The van der Waals surface area contributed by atoms with Gasteiger partial charge in [0, 0.05) is 90.4 Å². The Kier molecular flexibility index (Phi) is 31.3. The van der Waals surface area contributed by atoms with Crippen LogP contribution in [0.5, 0.6) is 5.75 Å². The third kappa shape index (κ3) is 22.5. The van der Waals surface area contributed by atoms with Crippen LogP contribution in [0.3, 0.4) is 0 Å². The average Bonchev–Trinajstić information content (AvgIpc) is 1.59. The number of Topliss-reactive ketones (excluding diaryl/α,β-unsaturated/α-hetero) is 2. The van der Waals surface area contributed by atoms with Crippen LogP contribution in [0.25, 0.3) is 10.9 Å². The number of carbonyl (C=O) groups is 12. The van der Waals surface area contributed by atoms with Crippen LogP contribution < -0.4 is 37.1 Å². The van der Waals surface area contributed by atoms with Gasteiger partial charge in [0.25, 0.3) is 11.8 Å². The molecule has 34 nitrogen and oxygen atoms in total. The van der Waals surface area contributed by atoms with E-state index in [2.05, 4.69) is 41.9 Å². The molecule has 5 aliphatic heterocycles. The van der Waals surface area contributed by atoms with E-state index in [-0.39, 0.29) is 85.5 Å². The Labute approximate surface area is 607 Å². The third-order valence-corrected chi connectivity index (χ3v) is 22.1. The zero-order valence-corrected chi connectivity index (χ0v) is 60.6. The minimum Gasteiger partial charge on any atom is -0.496 e. The Morgan fingerprint density at radius 1 is 0.817 bits per heavy atom. The molecule has 8 rings (SSSR count). The summed E-state index contributed by atoms with van der Waals surface area (Å²) in [6.07, 6.45) is 1.17. The molecule has 11 N–H and O–H groups in total. The van der Waals surface area contributed by atoms with Gasteiger partial charge >= 0.3 is 0 Å². The van der Waals surface area contributed by atoms with Gasteiger partial charge in [0.15, 0.2) is 11.6 Å². The summed E-state index contributed by atoms with van der Waals surface area (Å²) in [5.41, 5.74) is 7.04. The highest BCUT2D eigenvalue weighted by molar-refractivity contribution is 7.99. The molecule has 2 saturated heterocycles. The standard InChI is InChI=1S/C68H97N13O21S2/c1-5-39(2)45-8-6-7-42(83)31-70-64(93)47-9-11-52(85)61(40(3)53(86)36-82)74-66(95)51-29-43(84)35-80(51)68(96)49(30-55(69)87)73-65(94)50(72-56(88)32-71-63(45)92)38-104(97)67-60(47)46-10-12-54(98-4)48(62(46)75-67)37-103-44-15-18-78(19-16-44)57(89)17-21-99-23-25-101-27-28-102-26-24-100-22-20-79-33-41(76-77-79)34-81-58(90)13-14-59(81)91/h10,12-14,33,39-40,43-45,47,49-51,53,61,75,82,84,86H,5-9,11,15-32,34-38H2,1-4H3,(H2,69,87)(H,70,93)(H,71,92)(H,72,88)(H,73,94)(H,74,95)/t39-,40-,43+,45-,47+,49-,50+,51-,53-,61-,104?/m0/s1. The lowest BCUT2D eigenvalue weighted by Gasteiger charge is -2.32. The maximum Gasteiger partial charge on any atom is 0.253 e. The van der Waals surface area contributed by atoms with E-state index < -0.39 is 187 Å². The molecule has 5 aliphatic rings. The molecule has 1 aromatic carbocycles. The SMILES string of the molecule is CC[C@H](C)[C@@H]1CCCC(=O)CNC(=O)[C@@H]2CCC(=O)[C@H]([C@@H](C)[C@@H](O)CO)NC(=O)[C@@H]3C[C@@H](O)CN3C(=O)[C@H](CC(N)=O)NC(=O)[C@@H](CS(=O)c3[nH]c4c(CSC5CCN(C(=O)CCOCCOCCOCCOCCn6cc(CN7C(=O)C=CC7=O)nn6)CC5)c(OC)ccc4c32)NC(=O)CNC1=O. The van der Waals surface area contributed by atoms with Crippen molar-refractivity contribution in [1.29, 1.82) is 0 Å². The number of methoxy groups -OCH3 is 1. The number of likely N-dealkylation sites (tertiary alicyclic amines) is 1. The van der Waals surface area contributed by atoms with Crippen LogP contribution in [0.1, 0.15) is 114 Å². The van der Waals surface area contributed by atoms with Crippen molar-refractivity contribution in [3.63, 3.8) is 0 Å². The summed E-state index contributed by atoms with van der Waals surface area (Å²) in [5.74, 6) is -12.4. The number of imide groups is 1. The zero-order chi connectivity index (χ0) is 75.1. The van der Waals surface area contributed by atoms with Crippen molar-refractivity contribution >= 4 is 104 Å². The van der Waals surface area contributed by atoms with Crippen molar-refractivity contribution in [2.75, 3.05) is 105 Å². The Morgan fingerprint density at radius 2 is 1.49 bits per heavy atom. The summed E-state index contributed by atoms with van der Waals surface area (Å²) in [6.45, 7) is 6.27. The lowest BCUT2D eigenvalue weighted by molar-refractivity contribution is -0.143. The van der Waals surface area contributed by atoms with E-state index in [9.17, 15) is 68.1 Å². The highest BCUT2D eigenvalue weighted by Crippen LogP contribution is 2.42. The van der Waals surface area contributed by atoms with Gasteiger partial charge in [-0.1, -0.05) is 32.4 Å². The zero-order valence-electron chi connectivity index (χ0n) is 59.0. The number of ketones is 2. The Balaban J connectivity index is 0.965. The Bertz CT molecular complexity index is 3600. The van der Waals surface area contributed by atoms with Gasteiger partial charge in [-0.3, -0.25) is 66.6 Å². The Hall–Kier alpha value is -8.10. The van der Waals surface area contributed by atoms with Crippen molar-refractivity contribution in [3.05, 3.63) is 47.3 Å². The average molecular weight is 1500 g/mol. The van der Waals surface area contributed by atoms with Gasteiger partial charge in [0.2, 0.25) is 47.3 Å². The molecule has 0 aliphatic carbocycles. The van der Waals surface area contributed by atoms with Gasteiger partial charge in [-0.15, -0.1) is 5.10 Å². The molecule has 36 heteroatoms. The molecule has 0 spiro atoms. The quantitative estimate of drug-likeness (QED) is 0.0279. The summed E-state index contributed by atoms with van der Waals surface area (Å²) < 4.78 is 45.7. The molecule has 2 fully saturated rings. The predicted molar refractivity (Wildman–Crippen MR) is 372 cm³/mol. The van der Waals surface area contributed by atoms with Crippen molar-refractivity contribution < 1.29 is 101 Å². The van der Waals surface area contributed by atoms with Gasteiger partial charge in [-0.25, -0.2) is 4.68 Å². The number of H-pyrrole nitrogens is 1. The maximum absolute atomic E-state index is 15.7. The smallest absolute Gasteiger partial charge is 0.253 e. The fourth-order valence-electron chi connectivity index (χ4n) is 13.1. The second-order valence-corrected chi connectivity index (χ2v) is 29.2. The number of nitrogens with one attached hydrogen (secondary N) is 6. The van der Waals surface area contributed by atoms with Gasteiger partial charge in [-0.2, -0.15) is 11.8 Å². The lowest BCUT2D eigenvalue weighted by atomic mass is 9.86. The van der Waals surface area contributed by atoms with Crippen LogP contribution in [0.15, 0.2) is 35.5 Å². The van der Waals surface area contributed by atoms with Gasteiger partial charge in [0.05, 0.1) is 158 Å². The minimum absolute atomic E-state index is 0.0130. The number of fused-ring (bicyclic) bond motifs is 4. The topological polar surface area (TPSA) is 471 Å². The number of ether oxygens (including phenoxy) is 5. The number of hydrogen-bond acceptors (Lipinski definition) is 24. The summed E-state index contributed by atoms with van der Waals surface area (Å²) in [7, 11) is -1.05. The number of benzene rings is 1. The summed E-state index contributed by atoms with van der Waals surface area (Å²) in [6, 6.07) is -3.64. The van der Waals surface area contributed by atoms with Crippen LogP contribution in [0, 0.1) is 17.8 Å². The summed E-state index contributed by atoms with van der Waals surface area (Å²) >= 11 is 1.56. The van der Waals surface area contributed by atoms with Gasteiger partial charge in [0.1, 0.15) is 34.6 Å². The van der Waals surface area contributed by atoms with E-state index in [0.29, 0.717) is 99.8 Å². The monoisotopic (exact) mass is 1500 g/mol. The highest BCUT2D eigenvalue weighted by Gasteiger charge is 2.45. The number of amides is 10. The number of aliphatic hydroxyl groups is 3. The number of aliphatic hydroxyl groups excluding tert-OH is 3. The summed E-state index contributed by atoms with van der Waals surface area (Å²) in [5, 5.41) is 53.2. The van der Waals surface area contributed by atoms with Crippen molar-refractivity contribution in [2.45, 2.75) is 163 Å². The van der Waals surface area contributed by atoms with E-state index in [1.165, 1.54) is 26.2 Å². The van der Waals surface area contributed by atoms with Crippen LogP contribution in [0.4, 0.5) is 0 Å². The molecule has 104 heavy (non-hydrogen) atoms. The number of rotatable bonds is 28. The first-order valence-electron chi connectivity index (χ1n) is 35.2. The molecule has 1 unspecified atom stereocenters. The third-order valence-electron chi connectivity index (χ3n) is 19.3. The number of primary amides is 1. The molecule has 11 atom stereocenters. The maximum atomic E-state index is 15.7. The molecule has 0 radical (unpaired) electrons. The Morgan fingerprint density at radius 3 is 2.15 bits per heavy atom. The second-order valence-electron chi connectivity index (χ2n) is 26.5. The van der Waals surface area contributed by atoms with E-state index in [1.54, 1.807) is 39.7 Å². The number of nitrogens with two attached hydrogens (primary N) is 1. The van der Waals surface area contributed by atoms with Crippen molar-refractivity contribution in [1.82, 2.24) is 61.3 Å².